The molecule has 1 saturated heterocycles. The molecule has 1 atom stereocenters. The highest BCUT2D eigenvalue weighted by Gasteiger charge is 2.24. The predicted molar refractivity (Wildman–Crippen MR) is 116 cm³/mol. The Balaban J connectivity index is 1.39. The maximum absolute atomic E-state index is 9.77. The van der Waals surface area contributed by atoms with Crippen LogP contribution in [0.15, 0.2) is 47.8 Å². The molecule has 6 nitrogen and oxygen atoms in total. The van der Waals surface area contributed by atoms with E-state index in [0.29, 0.717) is 0 Å². The molecule has 2 N–H and O–H groups in total. The number of rotatable bonds is 5. The number of hydrogen-bond donors (Lipinski definition) is 2. The summed E-state index contributed by atoms with van der Waals surface area (Å²) < 4.78 is 5.22. The van der Waals surface area contributed by atoms with Crippen molar-refractivity contribution in [3.8, 4) is 28.5 Å². The number of hydrogen-bond acceptors (Lipinski definition) is 7. The Bertz CT molecular complexity index is 966. The predicted octanol–water partition coefficient (Wildman–Crippen LogP) is 4.11. The van der Waals surface area contributed by atoms with Gasteiger partial charge in [0.15, 0.2) is 16.6 Å². The molecule has 0 aliphatic carbocycles. The summed E-state index contributed by atoms with van der Waals surface area (Å²) >= 11 is 1.67. The molecule has 3 aromatic rings. The zero-order valence-electron chi connectivity index (χ0n) is 16.6. The van der Waals surface area contributed by atoms with Crippen molar-refractivity contribution >= 4 is 16.5 Å². The molecule has 7 heteroatoms. The summed E-state index contributed by atoms with van der Waals surface area (Å²) in [6.45, 7) is 5.78. The summed E-state index contributed by atoms with van der Waals surface area (Å²) in [6, 6.07) is 13.2. The topological polar surface area (TPSA) is 69.1 Å². The summed E-state index contributed by atoms with van der Waals surface area (Å²) in [4.78, 5) is 9.55. The minimum Gasteiger partial charge on any atom is -0.504 e. The molecule has 0 amide bonds. The van der Waals surface area contributed by atoms with Crippen molar-refractivity contribution < 1.29 is 14.9 Å². The molecule has 152 valence electrons. The first-order chi connectivity index (χ1) is 14.0. The summed E-state index contributed by atoms with van der Waals surface area (Å²) in [6.07, 6.45) is 0. The Morgan fingerprint density at radius 3 is 2.38 bits per heavy atom. The highest BCUT2D eigenvalue weighted by molar-refractivity contribution is 7.14. The molecule has 2 heterocycles. The van der Waals surface area contributed by atoms with E-state index >= 15 is 0 Å². The van der Waals surface area contributed by atoms with E-state index in [1.807, 2.05) is 30.3 Å². The number of methoxy groups -OCH3 is 1. The first-order valence-corrected chi connectivity index (χ1v) is 10.5. The van der Waals surface area contributed by atoms with Crippen LogP contribution in [-0.4, -0.2) is 53.4 Å². The second-order valence-corrected chi connectivity index (χ2v) is 8.03. The van der Waals surface area contributed by atoms with Crippen LogP contribution in [0.1, 0.15) is 18.5 Å². The van der Waals surface area contributed by atoms with Gasteiger partial charge in [-0.15, -0.1) is 11.3 Å². The maximum Gasteiger partial charge on any atom is 0.185 e. The van der Waals surface area contributed by atoms with Gasteiger partial charge in [-0.2, -0.15) is 0 Å². The summed E-state index contributed by atoms with van der Waals surface area (Å²) in [5, 5.41) is 22.4. The summed E-state index contributed by atoms with van der Waals surface area (Å²) in [7, 11) is 1.67. The molecule has 1 fully saturated rings. The van der Waals surface area contributed by atoms with E-state index in [1.165, 1.54) is 0 Å². The Labute approximate surface area is 174 Å². The van der Waals surface area contributed by atoms with Crippen LogP contribution in [0.4, 0.5) is 5.13 Å². The standard InChI is InChI=1S/C22H25N3O3S/c1-15(17-5-8-20(26)21(27)13-17)24-9-11-25(12-10-24)22-23-19(14-29-22)16-3-6-18(28-2)7-4-16/h3-8,13-15,26-27H,9-12H2,1-2H3. The Morgan fingerprint density at radius 1 is 1.00 bits per heavy atom. The van der Waals surface area contributed by atoms with E-state index in [0.717, 1.165) is 53.9 Å². The lowest BCUT2D eigenvalue weighted by Gasteiger charge is -2.38. The number of aromatic hydroxyl groups is 2. The van der Waals surface area contributed by atoms with Gasteiger partial charge in [0.05, 0.1) is 12.8 Å². The van der Waals surface area contributed by atoms with Gasteiger partial charge in [-0.1, -0.05) is 6.07 Å². The molecule has 1 unspecified atom stereocenters. The average Bonchev–Trinajstić information content (AvgIpc) is 3.25. The van der Waals surface area contributed by atoms with Crippen LogP contribution >= 0.6 is 11.3 Å². The minimum absolute atomic E-state index is 0.0677. The monoisotopic (exact) mass is 411 g/mol. The Morgan fingerprint density at radius 2 is 1.72 bits per heavy atom. The van der Waals surface area contributed by atoms with Crippen molar-refractivity contribution in [3.05, 3.63) is 53.4 Å². The van der Waals surface area contributed by atoms with Crippen molar-refractivity contribution in [2.45, 2.75) is 13.0 Å². The second kappa shape index (κ2) is 8.31. The quantitative estimate of drug-likeness (QED) is 0.616. The van der Waals surface area contributed by atoms with Gasteiger partial charge in [0.2, 0.25) is 0 Å². The molecule has 4 rings (SSSR count). The second-order valence-electron chi connectivity index (χ2n) is 7.19. The number of phenols is 2. The van der Waals surface area contributed by atoms with E-state index in [-0.39, 0.29) is 17.5 Å². The fraction of sp³-hybridized carbons (Fsp3) is 0.318. The van der Waals surface area contributed by atoms with Gasteiger partial charge in [-0.05, 0) is 48.9 Å². The molecule has 29 heavy (non-hydrogen) atoms. The van der Waals surface area contributed by atoms with Gasteiger partial charge in [0, 0.05) is 43.2 Å². The van der Waals surface area contributed by atoms with Crippen LogP contribution in [0.3, 0.4) is 0 Å². The Kier molecular flexibility index (Phi) is 5.60. The van der Waals surface area contributed by atoms with Gasteiger partial charge >= 0.3 is 0 Å². The van der Waals surface area contributed by atoms with Crippen LogP contribution < -0.4 is 9.64 Å². The third-order valence-electron chi connectivity index (χ3n) is 5.49. The van der Waals surface area contributed by atoms with Gasteiger partial charge < -0.3 is 19.8 Å². The lowest BCUT2D eigenvalue weighted by Crippen LogP contribution is -2.47. The van der Waals surface area contributed by atoms with Gasteiger partial charge in [-0.25, -0.2) is 4.98 Å². The molecule has 1 aliphatic rings. The number of aromatic nitrogens is 1. The van der Waals surface area contributed by atoms with Crippen molar-refractivity contribution in [1.82, 2.24) is 9.88 Å². The fourth-order valence-electron chi connectivity index (χ4n) is 3.62. The number of ether oxygens (including phenoxy) is 1. The lowest BCUT2D eigenvalue weighted by atomic mass is 10.1. The highest BCUT2D eigenvalue weighted by atomic mass is 32.1. The minimum atomic E-state index is -0.0813. The van der Waals surface area contributed by atoms with Gasteiger partial charge in [-0.3, -0.25) is 4.90 Å². The summed E-state index contributed by atoms with van der Waals surface area (Å²) in [5.41, 5.74) is 3.08. The smallest absolute Gasteiger partial charge is 0.185 e. The molecule has 1 aromatic heterocycles. The van der Waals surface area contributed by atoms with Crippen molar-refractivity contribution in [1.29, 1.82) is 0 Å². The average molecular weight is 412 g/mol. The number of anilines is 1. The first kappa shape index (κ1) is 19.5. The van der Waals surface area contributed by atoms with Crippen molar-refractivity contribution in [2.24, 2.45) is 0 Å². The van der Waals surface area contributed by atoms with Gasteiger partial charge in [0.1, 0.15) is 5.75 Å². The number of piperazine rings is 1. The molecule has 0 bridgehead atoms. The van der Waals surface area contributed by atoms with Gasteiger partial charge in [0.25, 0.3) is 0 Å². The molecule has 2 aromatic carbocycles. The van der Waals surface area contributed by atoms with Crippen molar-refractivity contribution in [3.63, 3.8) is 0 Å². The third-order valence-corrected chi connectivity index (χ3v) is 6.39. The SMILES string of the molecule is COc1ccc(-c2csc(N3CCN(C(C)c4ccc(O)c(O)c4)CC3)n2)cc1. The van der Waals surface area contributed by atoms with E-state index in [2.05, 4.69) is 22.1 Å². The zero-order valence-corrected chi connectivity index (χ0v) is 17.4. The normalized spacial score (nSPS) is 16.0. The van der Waals surface area contributed by atoms with E-state index < -0.39 is 0 Å². The van der Waals surface area contributed by atoms with Crippen LogP contribution in [0.2, 0.25) is 0 Å². The third kappa shape index (κ3) is 4.16. The van der Waals surface area contributed by atoms with Crippen molar-refractivity contribution in [2.75, 3.05) is 38.2 Å². The van der Waals surface area contributed by atoms with Crippen LogP contribution in [0.25, 0.3) is 11.3 Å². The first-order valence-electron chi connectivity index (χ1n) is 9.66. The number of thiazole rings is 1. The molecule has 0 spiro atoms. The van der Waals surface area contributed by atoms with E-state index in [1.54, 1.807) is 30.6 Å². The summed E-state index contributed by atoms with van der Waals surface area (Å²) in [5.74, 6) is 0.695. The lowest BCUT2D eigenvalue weighted by molar-refractivity contribution is 0.198. The molecule has 1 aliphatic heterocycles. The number of phenolic OH excluding ortho intramolecular Hbond substituents is 2. The fourth-order valence-corrected chi connectivity index (χ4v) is 4.50. The number of nitrogens with zero attached hydrogens (tertiary/aromatic N) is 3. The maximum atomic E-state index is 9.77. The molecular formula is C22H25N3O3S. The molecule has 0 radical (unpaired) electrons. The van der Waals surface area contributed by atoms with Crippen LogP contribution in [0.5, 0.6) is 17.2 Å². The number of benzene rings is 2. The molecule has 0 saturated carbocycles. The van der Waals surface area contributed by atoms with Crippen LogP contribution in [0, 0.1) is 0 Å². The van der Waals surface area contributed by atoms with E-state index in [4.69, 9.17) is 9.72 Å². The Hall–Kier alpha value is -2.77. The zero-order chi connectivity index (χ0) is 20.4. The highest BCUT2D eigenvalue weighted by Crippen LogP contribution is 2.32. The largest absolute Gasteiger partial charge is 0.504 e. The molecular weight excluding hydrogens is 386 g/mol. The van der Waals surface area contributed by atoms with Crippen LogP contribution in [-0.2, 0) is 0 Å². The van der Waals surface area contributed by atoms with E-state index in [9.17, 15) is 10.2 Å².